The Morgan fingerprint density at radius 3 is 2.62 bits per heavy atom. The van der Waals surface area contributed by atoms with Crippen LogP contribution in [0.5, 0.6) is 11.6 Å². The maximum Gasteiger partial charge on any atom is 0.241 e. The van der Waals surface area contributed by atoms with Gasteiger partial charge in [0.15, 0.2) is 0 Å². The van der Waals surface area contributed by atoms with Gasteiger partial charge in [-0.05, 0) is 37.1 Å². The highest BCUT2D eigenvalue weighted by Gasteiger charge is 2.30. The molecule has 2 heterocycles. The molecule has 0 bridgehead atoms. The zero-order valence-corrected chi connectivity index (χ0v) is 14.0. The lowest BCUT2D eigenvalue weighted by molar-refractivity contribution is 0.308. The third-order valence-electron chi connectivity index (χ3n) is 3.96. The Kier molecular flexibility index (Phi) is 4.77. The first-order valence-corrected chi connectivity index (χ1v) is 9.48. The van der Waals surface area contributed by atoms with Crippen molar-refractivity contribution in [3.8, 4) is 11.6 Å². The number of benzene rings is 1. The summed E-state index contributed by atoms with van der Waals surface area (Å²) in [4.78, 5) is 8.56. The van der Waals surface area contributed by atoms with E-state index in [4.69, 9.17) is 4.74 Å². The molecule has 6 nitrogen and oxygen atoms in total. The van der Waals surface area contributed by atoms with E-state index in [2.05, 4.69) is 9.97 Å². The number of aromatic nitrogens is 2. The topological polar surface area (TPSA) is 72.4 Å². The molecule has 24 heavy (non-hydrogen) atoms. The van der Waals surface area contributed by atoms with Crippen molar-refractivity contribution in [2.75, 3.05) is 19.3 Å². The van der Waals surface area contributed by atoms with Gasteiger partial charge in [0, 0.05) is 31.4 Å². The van der Waals surface area contributed by atoms with Crippen LogP contribution in [0.2, 0.25) is 0 Å². The van der Waals surface area contributed by atoms with E-state index < -0.39 is 10.0 Å². The van der Waals surface area contributed by atoms with E-state index in [1.807, 2.05) is 0 Å². The zero-order chi connectivity index (χ0) is 17.2. The average molecular weight is 351 g/mol. The van der Waals surface area contributed by atoms with Crippen molar-refractivity contribution in [1.29, 1.82) is 0 Å². The number of halogens is 1. The summed E-state index contributed by atoms with van der Waals surface area (Å²) in [5, 5.41) is 0. The second-order valence-corrected chi connectivity index (χ2v) is 7.75. The molecule has 128 valence electrons. The van der Waals surface area contributed by atoms with Crippen molar-refractivity contribution in [3.63, 3.8) is 0 Å². The summed E-state index contributed by atoms with van der Waals surface area (Å²) in [7, 11) is -3.24. The average Bonchev–Trinajstić information content (AvgIpc) is 2.57. The Morgan fingerprint density at radius 2 is 1.92 bits per heavy atom. The number of hydrogen-bond donors (Lipinski definition) is 0. The minimum absolute atomic E-state index is 0.0855. The molecule has 1 aliphatic heterocycles. The predicted octanol–water partition coefficient (Wildman–Crippen LogP) is 2.55. The van der Waals surface area contributed by atoms with Gasteiger partial charge in [0.2, 0.25) is 15.9 Å². The van der Waals surface area contributed by atoms with Crippen LogP contribution in [-0.4, -0.2) is 42.0 Å². The van der Waals surface area contributed by atoms with Gasteiger partial charge >= 0.3 is 0 Å². The van der Waals surface area contributed by atoms with Crippen LogP contribution in [0.1, 0.15) is 24.5 Å². The van der Waals surface area contributed by atoms with Crippen molar-refractivity contribution in [1.82, 2.24) is 14.3 Å². The molecular weight excluding hydrogens is 333 g/mol. The van der Waals surface area contributed by atoms with Crippen molar-refractivity contribution in [3.05, 3.63) is 48.2 Å². The molecule has 1 saturated heterocycles. The van der Waals surface area contributed by atoms with Crippen LogP contribution in [-0.2, 0) is 10.0 Å². The number of piperidine rings is 1. The third-order valence-corrected chi connectivity index (χ3v) is 5.23. The van der Waals surface area contributed by atoms with E-state index in [9.17, 15) is 12.8 Å². The van der Waals surface area contributed by atoms with Crippen LogP contribution in [0.25, 0.3) is 0 Å². The summed E-state index contributed by atoms with van der Waals surface area (Å²) < 4.78 is 43.8. The SMILES string of the molecule is CS(=O)(=O)N1CCC[C@@H](c2nccnc2Oc2ccc(F)cc2)C1. The van der Waals surface area contributed by atoms with Crippen LogP contribution >= 0.6 is 0 Å². The number of ether oxygens (including phenoxy) is 1. The molecular formula is C16H18FN3O3S. The molecule has 1 atom stereocenters. The van der Waals surface area contributed by atoms with Gasteiger partial charge in [-0.25, -0.2) is 22.1 Å². The van der Waals surface area contributed by atoms with Gasteiger partial charge in [-0.2, -0.15) is 0 Å². The fraction of sp³-hybridized carbons (Fsp3) is 0.375. The van der Waals surface area contributed by atoms with Gasteiger partial charge in [-0.3, -0.25) is 4.98 Å². The second kappa shape index (κ2) is 6.82. The summed E-state index contributed by atoms with van der Waals surface area (Å²) in [6.07, 6.45) is 5.85. The van der Waals surface area contributed by atoms with E-state index in [0.717, 1.165) is 12.8 Å². The van der Waals surface area contributed by atoms with Crippen molar-refractivity contribution in [2.24, 2.45) is 0 Å². The van der Waals surface area contributed by atoms with E-state index in [1.54, 1.807) is 6.20 Å². The van der Waals surface area contributed by atoms with Crippen molar-refractivity contribution < 1.29 is 17.5 Å². The molecule has 0 radical (unpaired) electrons. The molecule has 0 amide bonds. The van der Waals surface area contributed by atoms with Gasteiger partial charge < -0.3 is 4.74 Å². The van der Waals surface area contributed by atoms with Crippen molar-refractivity contribution >= 4 is 10.0 Å². The Hall–Kier alpha value is -2.06. The van der Waals surface area contributed by atoms with Crippen molar-refractivity contribution in [2.45, 2.75) is 18.8 Å². The Bertz CT molecular complexity index is 812. The fourth-order valence-corrected chi connectivity index (χ4v) is 3.69. The van der Waals surface area contributed by atoms with Gasteiger partial charge in [-0.15, -0.1) is 0 Å². The molecule has 0 saturated carbocycles. The number of hydrogen-bond acceptors (Lipinski definition) is 5. The minimum Gasteiger partial charge on any atom is -0.437 e. The first-order valence-electron chi connectivity index (χ1n) is 7.63. The molecule has 1 fully saturated rings. The molecule has 0 spiro atoms. The number of sulfonamides is 1. The molecule has 0 unspecified atom stereocenters. The highest BCUT2D eigenvalue weighted by atomic mass is 32.2. The van der Waals surface area contributed by atoms with E-state index in [1.165, 1.54) is 41.0 Å². The third kappa shape index (κ3) is 3.88. The quantitative estimate of drug-likeness (QED) is 0.846. The Morgan fingerprint density at radius 1 is 1.21 bits per heavy atom. The Labute approximate surface area is 140 Å². The fourth-order valence-electron chi connectivity index (χ4n) is 2.78. The van der Waals surface area contributed by atoms with Gasteiger partial charge in [0.25, 0.3) is 0 Å². The summed E-state index contributed by atoms with van der Waals surface area (Å²) in [5.41, 5.74) is 0.621. The van der Waals surface area contributed by atoms with Crippen LogP contribution in [0.3, 0.4) is 0 Å². The monoisotopic (exact) mass is 351 g/mol. The highest BCUT2D eigenvalue weighted by Crippen LogP contribution is 2.33. The lowest BCUT2D eigenvalue weighted by Crippen LogP contribution is -2.38. The molecule has 0 N–H and O–H groups in total. The largest absolute Gasteiger partial charge is 0.437 e. The Balaban J connectivity index is 1.84. The van der Waals surface area contributed by atoms with Crippen LogP contribution in [0, 0.1) is 5.82 Å². The standard InChI is InChI=1S/C16H18FN3O3S/c1-24(21,22)20-10-2-3-12(11-20)15-16(19-9-8-18-15)23-14-6-4-13(17)5-7-14/h4-9,12H,2-3,10-11H2,1H3/t12-/m1/s1. The first-order chi connectivity index (χ1) is 11.4. The first kappa shape index (κ1) is 16.8. The lowest BCUT2D eigenvalue weighted by Gasteiger charge is -2.30. The maximum absolute atomic E-state index is 13.0. The molecule has 2 aromatic rings. The van der Waals surface area contributed by atoms with Gasteiger partial charge in [-0.1, -0.05) is 0 Å². The molecule has 1 aliphatic rings. The molecule has 1 aromatic carbocycles. The number of nitrogens with zero attached hydrogens (tertiary/aromatic N) is 3. The zero-order valence-electron chi connectivity index (χ0n) is 13.2. The van der Waals surface area contributed by atoms with Gasteiger partial charge in [0.1, 0.15) is 17.3 Å². The minimum atomic E-state index is -3.24. The van der Waals surface area contributed by atoms with Crippen LogP contribution in [0.15, 0.2) is 36.7 Å². The summed E-state index contributed by atoms with van der Waals surface area (Å²) in [6.45, 7) is 0.876. The smallest absolute Gasteiger partial charge is 0.241 e. The van der Waals surface area contributed by atoms with E-state index in [0.29, 0.717) is 30.4 Å². The predicted molar refractivity (Wildman–Crippen MR) is 86.9 cm³/mol. The molecule has 1 aromatic heterocycles. The lowest BCUT2D eigenvalue weighted by atomic mass is 9.96. The van der Waals surface area contributed by atoms with E-state index in [-0.39, 0.29) is 11.7 Å². The molecule has 3 rings (SSSR count). The summed E-state index contributed by atoms with van der Waals surface area (Å²) in [6, 6.07) is 5.63. The summed E-state index contributed by atoms with van der Waals surface area (Å²) >= 11 is 0. The molecule has 8 heteroatoms. The number of rotatable bonds is 4. The van der Waals surface area contributed by atoms with Gasteiger partial charge in [0.05, 0.1) is 6.26 Å². The normalized spacial score (nSPS) is 19.2. The molecule has 0 aliphatic carbocycles. The highest BCUT2D eigenvalue weighted by molar-refractivity contribution is 7.88. The van der Waals surface area contributed by atoms with Crippen LogP contribution in [0.4, 0.5) is 4.39 Å². The maximum atomic E-state index is 13.0. The van der Waals surface area contributed by atoms with Crippen LogP contribution < -0.4 is 4.74 Å². The van der Waals surface area contributed by atoms with E-state index >= 15 is 0 Å². The second-order valence-electron chi connectivity index (χ2n) is 5.76. The summed E-state index contributed by atoms with van der Waals surface area (Å²) in [5.74, 6) is 0.341.